The number of nitrogens with zero attached hydrogens (tertiary/aromatic N) is 3. The maximum absolute atomic E-state index is 6.64. The molecule has 1 atom stereocenters. The highest BCUT2D eigenvalue weighted by molar-refractivity contribution is 7.80. The van der Waals surface area contributed by atoms with Crippen LogP contribution < -0.4 is 14.4 Å². The first-order valence-electron chi connectivity index (χ1n) is 10.4. The molecule has 0 bridgehead atoms. The highest BCUT2D eigenvalue weighted by Crippen LogP contribution is 2.45. The number of ether oxygens (including phenoxy) is 3. The van der Waals surface area contributed by atoms with Crippen molar-refractivity contribution in [2.75, 3.05) is 31.5 Å². The van der Waals surface area contributed by atoms with Crippen LogP contribution in [0.4, 0.5) is 5.69 Å². The SMILES string of the molecule is C[Si](C)(C)CCOCOc1ccc(Cl)c(Cl)c1C1CC(=S)N(c2cnn3c2OCC3)C1. The molecule has 0 aliphatic carbocycles. The van der Waals surface area contributed by atoms with Crippen molar-refractivity contribution in [1.29, 1.82) is 0 Å². The Bertz CT molecular complexity index is 980. The Morgan fingerprint density at radius 1 is 1.29 bits per heavy atom. The van der Waals surface area contributed by atoms with Crippen LogP contribution in [0.5, 0.6) is 11.6 Å². The largest absolute Gasteiger partial charge is 0.474 e. The zero-order valence-corrected chi connectivity index (χ0v) is 21.3. The first-order valence-corrected chi connectivity index (χ1v) is 15.3. The van der Waals surface area contributed by atoms with E-state index in [1.165, 1.54) is 0 Å². The molecule has 2 aliphatic rings. The molecule has 1 aromatic carbocycles. The Kier molecular flexibility index (Phi) is 6.84. The first kappa shape index (κ1) is 22.9. The van der Waals surface area contributed by atoms with Gasteiger partial charge in [-0.2, -0.15) is 5.10 Å². The van der Waals surface area contributed by atoms with E-state index >= 15 is 0 Å². The molecule has 0 saturated carbocycles. The third-order valence-corrected chi connectivity index (χ3v) is 8.44. The number of rotatable bonds is 8. The smallest absolute Gasteiger partial charge is 0.236 e. The first-order chi connectivity index (χ1) is 14.7. The van der Waals surface area contributed by atoms with Gasteiger partial charge in [-0.05, 0) is 18.2 Å². The van der Waals surface area contributed by atoms with Crippen LogP contribution in [0.15, 0.2) is 18.3 Å². The van der Waals surface area contributed by atoms with Crippen LogP contribution in [-0.4, -0.2) is 49.4 Å². The molecule has 2 aliphatic heterocycles. The van der Waals surface area contributed by atoms with Crippen molar-refractivity contribution in [3.63, 3.8) is 0 Å². The zero-order chi connectivity index (χ0) is 22.2. The highest BCUT2D eigenvalue weighted by atomic mass is 35.5. The second-order valence-corrected chi connectivity index (χ2v) is 15.9. The fraction of sp³-hybridized carbons (Fsp3) is 0.524. The van der Waals surface area contributed by atoms with Crippen molar-refractivity contribution in [3.05, 3.63) is 33.9 Å². The van der Waals surface area contributed by atoms with Gasteiger partial charge in [0, 0.05) is 39.1 Å². The van der Waals surface area contributed by atoms with E-state index in [4.69, 9.17) is 49.6 Å². The van der Waals surface area contributed by atoms with E-state index in [0.29, 0.717) is 42.0 Å². The highest BCUT2D eigenvalue weighted by Gasteiger charge is 2.36. The van der Waals surface area contributed by atoms with E-state index in [9.17, 15) is 0 Å². The van der Waals surface area contributed by atoms with Gasteiger partial charge in [0.15, 0.2) is 6.79 Å². The minimum atomic E-state index is -1.14. The summed E-state index contributed by atoms with van der Waals surface area (Å²) in [5, 5.41) is 5.41. The number of benzene rings is 1. The molecule has 0 N–H and O–H groups in total. The van der Waals surface area contributed by atoms with Crippen LogP contribution in [0.3, 0.4) is 0 Å². The lowest BCUT2D eigenvalue weighted by molar-refractivity contribution is 0.0213. The minimum absolute atomic E-state index is 0.0487. The van der Waals surface area contributed by atoms with E-state index in [1.54, 1.807) is 6.07 Å². The number of aromatic nitrogens is 2. The fourth-order valence-corrected chi connectivity index (χ4v) is 5.42. The molecule has 168 valence electrons. The second-order valence-electron chi connectivity index (χ2n) is 9.07. The van der Waals surface area contributed by atoms with Crippen molar-refractivity contribution in [2.24, 2.45) is 0 Å². The van der Waals surface area contributed by atoms with E-state index in [2.05, 4.69) is 29.6 Å². The van der Waals surface area contributed by atoms with Crippen LogP contribution in [-0.2, 0) is 11.3 Å². The number of anilines is 1. The summed E-state index contributed by atoms with van der Waals surface area (Å²) in [6.07, 6.45) is 2.49. The van der Waals surface area contributed by atoms with E-state index in [0.717, 1.165) is 34.7 Å². The number of thiocarbonyl (C=S) groups is 1. The molecule has 0 amide bonds. The van der Waals surface area contributed by atoms with Gasteiger partial charge in [0.05, 0.1) is 27.8 Å². The van der Waals surface area contributed by atoms with Gasteiger partial charge in [-0.1, -0.05) is 55.1 Å². The Hall–Kier alpha value is -1.32. The Balaban J connectivity index is 1.49. The maximum atomic E-state index is 6.64. The Morgan fingerprint density at radius 3 is 2.87 bits per heavy atom. The molecule has 1 saturated heterocycles. The standard InChI is InChI=1S/C21H27Cl2N3O3SSi/c1-31(2,3)9-8-27-13-29-17-5-4-15(22)20(23)19(17)14-10-18(30)25(12-14)16-11-24-26-6-7-28-21(16)26/h4-5,11,14H,6-10,12-13H2,1-3H3. The van der Waals surface area contributed by atoms with E-state index < -0.39 is 8.07 Å². The lowest BCUT2D eigenvalue weighted by Crippen LogP contribution is -2.23. The molecule has 4 rings (SSSR count). The van der Waals surface area contributed by atoms with Crippen LogP contribution in [0.2, 0.25) is 35.7 Å². The van der Waals surface area contributed by atoms with Gasteiger partial charge in [-0.3, -0.25) is 0 Å². The van der Waals surface area contributed by atoms with Crippen LogP contribution in [0.1, 0.15) is 17.9 Å². The molecule has 1 unspecified atom stereocenters. The molecular weight excluding hydrogens is 473 g/mol. The summed E-state index contributed by atoms with van der Waals surface area (Å²) < 4.78 is 19.3. The molecular formula is C21H27Cl2N3O3SSi. The molecule has 1 aromatic heterocycles. The van der Waals surface area contributed by atoms with Gasteiger partial charge in [-0.25, -0.2) is 4.68 Å². The summed E-state index contributed by atoms with van der Waals surface area (Å²) in [5.41, 5.74) is 1.78. The fourth-order valence-electron chi connectivity index (χ4n) is 3.82. The number of fused-ring (bicyclic) bond motifs is 1. The van der Waals surface area contributed by atoms with E-state index in [-0.39, 0.29) is 12.7 Å². The number of hydrogen-bond donors (Lipinski definition) is 0. The predicted octanol–water partition coefficient (Wildman–Crippen LogP) is 5.59. The molecule has 31 heavy (non-hydrogen) atoms. The normalized spacial score (nSPS) is 18.4. The lowest BCUT2D eigenvalue weighted by atomic mass is 9.97. The van der Waals surface area contributed by atoms with Gasteiger partial charge >= 0.3 is 0 Å². The molecule has 0 spiro atoms. The topological polar surface area (TPSA) is 48.8 Å². The van der Waals surface area contributed by atoms with Crippen molar-refractivity contribution < 1.29 is 14.2 Å². The van der Waals surface area contributed by atoms with Gasteiger partial charge in [0.1, 0.15) is 18.0 Å². The van der Waals surface area contributed by atoms with Gasteiger partial charge in [0.25, 0.3) is 0 Å². The molecule has 2 aromatic rings. The summed E-state index contributed by atoms with van der Waals surface area (Å²) in [5.74, 6) is 1.51. The second kappa shape index (κ2) is 9.27. The molecule has 0 radical (unpaired) electrons. The summed E-state index contributed by atoms with van der Waals surface area (Å²) in [7, 11) is -1.14. The van der Waals surface area contributed by atoms with Gasteiger partial charge < -0.3 is 19.1 Å². The quantitative estimate of drug-likeness (QED) is 0.204. The Labute approximate surface area is 199 Å². The third kappa shape index (κ3) is 5.03. The maximum Gasteiger partial charge on any atom is 0.236 e. The van der Waals surface area contributed by atoms with Crippen molar-refractivity contribution >= 4 is 54.2 Å². The molecule has 6 nitrogen and oxygen atoms in total. The molecule has 10 heteroatoms. The number of hydrogen-bond acceptors (Lipinski definition) is 5. The zero-order valence-electron chi connectivity index (χ0n) is 18.0. The van der Waals surface area contributed by atoms with Crippen molar-refractivity contribution in [1.82, 2.24) is 9.78 Å². The predicted molar refractivity (Wildman–Crippen MR) is 131 cm³/mol. The van der Waals surface area contributed by atoms with Crippen molar-refractivity contribution in [3.8, 4) is 11.6 Å². The summed E-state index contributed by atoms with van der Waals surface area (Å²) >= 11 is 18.7. The molecule has 1 fully saturated rings. The summed E-state index contributed by atoms with van der Waals surface area (Å²) in [6.45, 7) is 9.90. The van der Waals surface area contributed by atoms with E-state index in [1.807, 2.05) is 16.9 Å². The summed E-state index contributed by atoms with van der Waals surface area (Å²) in [4.78, 5) is 2.90. The monoisotopic (exact) mass is 499 g/mol. The molecule has 3 heterocycles. The summed E-state index contributed by atoms with van der Waals surface area (Å²) in [6, 6.07) is 4.71. The average molecular weight is 501 g/mol. The third-order valence-electron chi connectivity index (χ3n) is 5.53. The van der Waals surface area contributed by atoms with Crippen molar-refractivity contribution in [2.45, 2.75) is 44.6 Å². The van der Waals surface area contributed by atoms with Crippen LogP contribution >= 0.6 is 35.4 Å². The van der Waals surface area contributed by atoms with Gasteiger partial charge in [0.2, 0.25) is 5.88 Å². The van der Waals surface area contributed by atoms with Crippen LogP contribution in [0.25, 0.3) is 0 Å². The minimum Gasteiger partial charge on any atom is -0.474 e. The van der Waals surface area contributed by atoms with Gasteiger partial charge in [-0.15, -0.1) is 0 Å². The average Bonchev–Trinajstić information content (AvgIpc) is 3.39. The van der Waals surface area contributed by atoms with Crippen LogP contribution in [0, 0.1) is 0 Å². The number of halogens is 2. The Morgan fingerprint density at radius 2 is 2.10 bits per heavy atom. The lowest BCUT2D eigenvalue weighted by Gasteiger charge is -2.20.